The summed E-state index contributed by atoms with van der Waals surface area (Å²) in [5.74, 6) is 0.0895. The van der Waals surface area contributed by atoms with Gasteiger partial charge in [0.1, 0.15) is 5.82 Å². The molecular weight excluding hydrogens is 327 g/mol. The minimum atomic E-state index is -0.306. The van der Waals surface area contributed by atoms with E-state index >= 15 is 0 Å². The lowest BCUT2D eigenvalue weighted by atomic mass is 10.1. The predicted octanol–water partition coefficient (Wildman–Crippen LogP) is 6.30. The van der Waals surface area contributed by atoms with Gasteiger partial charge in [-0.05, 0) is 24.3 Å². The molecule has 0 aliphatic carbocycles. The van der Waals surface area contributed by atoms with Crippen molar-refractivity contribution in [1.29, 1.82) is 0 Å². The predicted molar refractivity (Wildman–Crippen MR) is 100 cm³/mol. The maximum absolute atomic E-state index is 13.0. The number of H-pyrrole nitrogens is 1. The molecular formula is C21H15FN4. The number of rotatable bonds is 4. The number of halogens is 1. The van der Waals surface area contributed by atoms with Crippen LogP contribution in [-0.4, -0.2) is 9.97 Å². The summed E-state index contributed by atoms with van der Waals surface area (Å²) < 4.78 is 13.0. The van der Waals surface area contributed by atoms with Crippen LogP contribution in [-0.2, 0) is 0 Å². The van der Waals surface area contributed by atoms with Crippen molar-refractivity contribution in [3.05, 3.63) is 90.7 Å². The van der Waals surface area contributed by atoms with Gasteiger partial charge in [-0.1, -0.05) is 60.7 Å². The van der Waals surface area contributed by atoms with Gasteiger partial charge in [-0.15, -0.1) is 10.2 Å². The molecule has 1 N–H and O–H groups in total. The first-order valence-corrected chi connectivity index (χ1v) is 8.18. The molecule has 0 aliphatic heterocycles. The van der Waals surface area contributed by atoms with Gasteiger partial charge >= 0.3 is 0 Å². The van der Waals surface area contributed by atoms with Crippen LogP contribution in [0, 0.1) is 5.82 Å². The highest BCUT2D eigenvalue weighted by Gasteiger charge is 2.13. The van der Waals surface area contributed by atoms with E-state index in [0.29, 0.717) is 11.6 Å². The third-order valence-corrected chi connectivity index (χ3v) is 3.89. The van der Waals surface area contributed by atoms with Crippen molar-refractivity contribution in [2.75, 3.05) is 0 Å². The van der Waals surface area contributed by atoms with Crippen LogP contribution in [0.2, 0.25) is 0 Å². The third kappa shape index (κ3) is 3.42. The summed E-state index contributed by atoms with van der Waals surface area (Å²) in [7, 11) is 0. The summed E-state index contributed by atoms with van der Waals surface area (Å²) in [6.07, 6.45) is 0. The van der Waals surface area contributed by atoms with Gasteiger partial charge in [0.25, 0.3) is 0 Å². The van der Waals surface area contributed by atoms with Crippen LogP contribution in [0.15, 0.2) is 95.2 Å². The van der Waals surface area contributed by atoms with Crippen LogP contribution in [0.1, 0.15) is 0 Å². The van der Waals surface area contributed by atoms with E-state index in [9.17, 15) is 4.39 Å². The molecule has 4 aromatic rings. The van der Waals surface area contributed by atoms with Crippen LogP contribution in [0.25, 0.3) is 22.5 Å². The van der Waals surface area contributed by atoms with Crippen molar-refractivity contribution >= 4 is 11.6 Å². The standard InChI is InChI=1S/C21H15FN4/c22-17-11-13-18(14-12-17)25-26-21-23-19(15-7-3-1-4-8-15)20(24-21)16-9-5-2-6-10-16/h1-14H,(H,23,24). The van der Waals surface area contributed by atoms with Gasteiger partial charge in [-0.25, -0.2) is 9.37 Å². The summed E-state index contributed by atoms with van der Waals surface area (Å²) in [5.41, 5.74) is 4.26. The van der Waals surface area contributed by atoms with Crippen molar-refractivity contribution in [1.82, 2.24) is 9.97 Å². The normalized spacial score (nSPS) is 11.1. The number of imidazole rings is 1. The van der Waals surface area contributed by atoms with E-state index in [1.165, 1.54) is 12.1 Å². The van der Waals surface area contributed by atoms with E-state index in [-0.39, 0.29) is 5.82 Å². The second-order valence-corrected chi connectivity index (χ2v) is 5.69. The Bertz CT molecular complexity index is 966. The maximum Gasteiger partial charge on any atom is 0.247 e. The fourth-order valence-electron chi connectivity index (χ4n) is 2.64. The molecule has 4 nitrogen and oxygen atoms in total. The Hall–Kier alpha value is -3.60. The number of hydrogen-bond acceptors (Lipinski definition) is 3. The zero-order valence-electron chi connectivity index (χ0n) is 13.8. The molecule has 5 heteroatoms. The van der Waals surface area contributed by atoms with Crippen molar-refractivity contribution < 1.29 is 4.39 Å². The first-order valence-electron chi connectivity index (χ1n) is 8.18. The molecule has 0 fully saturated rings. The average Bonchev–Trinajstić information content (AvgIpc) is 3.13. The number of nitrogens with zero attached hydrogens (tertiary/aromatic N) is 3. The molecule has 0 radical (unpaired) electrons. The van der Waals surface area contributed by atoms with Crippen LogP contribution in [0.4, 0.5) is 16.0 Å². The second-order valence-electron chi connectivity index (χ2n) is 5.69. The van der Waals surface area contributed by atoms with E-state index in [0.717, 1.165) is 22.5 Å². The highest BCUT2D eigenvalue weighted by Crippen LogP contribution is 2.32. The number of aromatic amines is 1. The van der Waals surface area contributed by atoms with Gasteiger partial charge in [0.15, 0.2) is 0 Å². The van der Waals surface area contributed by atoms with Crippen molar-refractivity contribution in [2.24, 2.45) is 10.2 Å². The Morgan fingerprint density at radius 2 is 1.31 bits per heavy atom. The molecule has 26 heavy (non-hydrogen) atoms. The Kier molecular flexibility index (Phi) is 4.35. The molecule has 0 atom stereocenters. The van der Waals surface area contributed by atoms with Crippen LogP contribution < -0.4 is 0 Å². The van der Waals surface area contributed by atoms with Gasteiger partial charge in [0, 0.05) is 11.1 Å². The second kappa shape index (κ2) is 7.11. The van der Waals surface area contributed by atoms with E-state index < -0.39 is 0 Å². The first kappa shape index (κ1) is 15.9. The molecule has 126 valence electrons. The van der Waals surface area contributed by atoms with Gasteiger partial charge in [0.05, 0.1) is 17.1 Å². The molecule has 1 heterocycles. The summed E-state index contributed by atoms with van der Waals surface area (Å²) in [6.45, 7) is 0. The average molecular weight is 342 g/mol. The highest BCUT2D eigenvalue weighted by atomic mass is 19.1. The lowest BCUT2D eigenvalue weighted by Crippen LogP contribution is -1.82. The lowest BCUT2D eigenvalue weighted by molar-refractivity contribution is 0.628. The SMILES string of the molecule is Fc1ccc(N=Nc2nc(-c3ccccc3)c(-c3ccccc3)[nH]2)cc1. The van der Waals surface area contributed by atoms with E-state index in [1.807, 2.05) is 60.7 Å². The zero-order valence-corrected chi connectivity index (χ0v) is 13.8. The number of azo groups is 1. The Labute approximate surface area is 150 Å². The van der Waals surface area contributed by atoms with Crippen molar-refractivity contribution in [3.8, 4) is 22.5 Å². The molecule has 0 bridgehead atoms. The van der Waals surface area contributed by atoms with Gasteiger partial charge in [-0.3, -0.25) is 0 Å². The lowest BCUT2D eigenvalue weighted by Gasteiger charge is -2.02. The van der Waals surface area contributed by atoms with E-state index in [1.54, 1.807) is 12.1 Å². The van der Waals surface area contributed by atoms with E-state index in [2.05, 4.69) is 20.2 Å². The molecule has 0 saturated heterocycles. The number of aromatic nitrogens is 2. The van der Waals surface area contributed by atoms with Crippen LogP contribution in [0.5, 0.6) is 0 Å². The summed E-state index contributed by atoms with van der Waals surface area (Å²) in [4.78, 5) is 7.83. The van der Waals surface area contributed by atoms with Gasteiger partial charge in [0.2, 0.25) is 5.95 Å². The Morgan fingerprint density at radius 1 is 0.692 bits per heavy atom. The van der Waals surface area contributed by atoms with Gasteiger partial charge in [-0.2, -0.15) is 0 Å². The summed E-state index contributed by atoms with van der Waals surface area (Å²) in [5, 5.41) is 8.30. The highest BCUT2D eigenvalue weighted by molar-refractivity contribution is 5.79. The molecule has 0 saturated carbocycles. The minimum Gasteiger partial charge on any atom is -0.320 e. The topological polar surface area (TPSA) is 53.4 Å². The van der Waals surface area contributed by atoms with E-state index in [4.69, 9.17) is 0 Å². The minimum absolute atomic E-state index is 0.306. The molecule has 1 aromatic heterocycles. The van der Waals surface area contributed by atoms with Crippen LogP contribution in [0.3, 0.4) is 0 Å². The maximum atomic E-state index is 13.0. The summed E-state index contributed by atoms with van der Waals surface area (Å²) >= 11 is 0. The quantitative estimate of drug-likeness (QED) is 0.435. The molecule has 0 spiro atoms. The van der Waals surface area contributed by atoms with Crippen molar-refractivity contribution in [2.45, 2.75) is 0 Å². The fraction of sp³-hybridized carbons (Fsp3) is 0. The Morgan fingerprint density at radius 3 is 1.96 bits per heavy atom. The first-order chi connectivity index (χ1) is 12.8. The smallest absolute Gasteiger partial charge is 0.247 e. The summed E-state index contributed by atoms with van der Waals surface area (Å²) in [6, 6.07) is 25.7. The number of hydrogen-bond donors (Lipinski definition) is 1. The molecule has 3 aromatic carbocycles. The molecule has 0 unspecified atom stereocenters. The molecule has 0 amide bonds. The largest absolute Gasteiger partial charge is 0.320 e. The monoisotopic (exact) mass is 342 g/mol. The number of benzene rings is 3. The van der Waals surface area contributed by atoms with Gasteiger partial charge < -0.3 is 4.98 Å². The van der Waals surface area contributed by atoms with Crippen LogP contribution >= 0.6 is 0 Å². The zero-order chi connectivity index (χ0) is 17.8. The molecule has 0 aliphatic rings. The molecule has 4 rings (SSSR count). The van der Waals surface area contributed by atoms with Crippen molar-refractivity contribution in [3.63, 3.8) is 0 Å². The Balaban J connectivity index is 1.75. The fourth-order valence-corrected chi connectivity index (χ4v) is 2.64. The number of nitrogens with one attached hydrogen (secondary N) is 1. The third-order valence-electron chi connectivity index (χ3n) is 3.89.